The number of aliphatic imine (C=N–C) groups is 1. The first-order valence-electron chi connectivity index (χ1n) is 8.46. The van der Waals surface area contributed by atoms with E-state index in [1.165, 1.54) is 11.3 Å². The minimum absolute atomic E-state index is 0.200. The predicted octanol–water partition coefficient (Wildman–Crippen LogP) is 5.17. The van der Waals surface area contributed by atoms with Crippen molar-refractivity contribution in [3.8, 4) is 5.75 Å². The molecule has 1 unspecified atom stereocenters. The van der Waals surface area contributed by atoms with Gasteiger partial charge in [-0.1, -0.05) is 13.0 Å². The maximum absolute atomic E-state index is 5.18. The molecule has 0 bridgehead atoms. The van der Waals surface area contributed by atoms with Crippen LogP contribution in [0.2, 0.25) is 0 Å². The Kier molecular flexibility index (Phi) is 4.35. The molecule has 0 saturated carbocycles. The van der Waals surface area contributed by atoms with E-state index >= 15 is 0 Å². The fourth-order valence-electron chi connectivity index (χ4n) is 3.49. The highest BCUT2D eigenvalue weighted by molar-refractivity contribution is 5.83. The number of anilines is 1. The quantitative estimate of drug-likeness (QED) is 0.728. The molecule has 3 rings (SSSR count). The maximum Gasteiger partial charge on any atom is 0.119 e. The van der Waals surface area contributed by atoms with Crippen molar-refractivity contribution >= 4 is 17.6 Å². The highest BCUT2D eigenvalue weighted by Crippen LogP contribution is 2.42. The Balaban J connectivity index is 1.86. The monoisotopic (exact) mass is 322 g/mol. The van der Waals surface area contributed by atoms with E-state index in [9.17, 15) is 0 Å². The highest BCUT2D eigenvalue weighted by Gasteiger charge is 2.33. The van der Waals surface area contributed by atoms with Crippen molar-refractivity contribution in [2.45, 2.75) is 38.6 Å². The second kappa shape index (κ2) is 6.31. The van der Waals surface area contributed by atoms with Gasteiger partial charge in [0.25, 0.3) is 0 Å². The Bertz CT molecular complexity index is 747. The molecule has 0 aliphatic carbocycles. The van der Waals surface area contributed by atoms with Gasteiger partial charge in [0.05, 0.1) is 12.8 Å². The average molecular weight is 322 g/mol. The lowest BCUT2D eigenvalue weighted by atomic mass is 9.80. The third-order valence-electron chi connectivity index (χ3n) is 5.09. The summed E-state index contributed by atoms with van der Waals surface area (Å²) in [6.07, 6.45) is 3.10. The molecule has 0 aromatic heterocycles. The molecule has 3 heteroatoms. The zero-order valence-electron chi connectivity index (χ0n) is 15.2. The molecule has 2 aromatic carbocycles. The fourth-order valence-corrected chi connectivity index (χ4v) is 3.49. The Labute approximate surface area is 145 Å². The van der Waals surface area contributed by atoms with Gasteiger partial charge in [-0.3, -0.25) is 4.99 Å². The highest BCUT2D eigenvalue weighted by atomic mass is 16.5. The van der Waals surface area contributed by atoms with Gasteiger partial charge < -0.3 is 9.64 Å². The molecule has 0 radical (unpaired) electrons. The molecule has 1 atom stereocenters. The topological polar surface area (TPSA) is 24.8 Å². The summed E-state index contributed by atoms with van der Waals surface area (Å²) >= 11 is 0. The first kappa shape index (κ1) is 16.6. The van der Waals surface area contributed by atoms with Crippen LogP contribution in [0, 0.1) is 0 Å². The molecule has 0 amide bonds. The first-order chi connectivity index (χ1) is 11.4. The second-order valence-electron chi connectivity index (χ2n) is 7.25. The van der Waals surface area contributed by atoms with Crippen LogP contribution in [0.15, 0.2) is 47.5 Å². The predicted molar refractivity (Wildman–Crippen MR) is 102 cm³/mol. The van der Waals surface area contributed by atoms with Gasteiger partial charge in [-0.25, -0.2) is 0 Å². The Morgan fingerprint density at radius 2 is 1.88 bits per heavy atom. The van der Waals surface area contributed by atoms with Crippen molar-refractivity contribution in [1.29, 1.82) is 0 Å². The minimum Gasteiger partial charge on any atom is -0.497 e. The van der Waals surface area contributed by atoms with Crippen LogP contribution in [0.5, 0.6) is 5.75 Å². The lowest BCUT2D eigenvalue weighted by molar-refractivity contribution is 0.395. The molecule has 2 aromatic rings. The number of hydrogen-bond donors (Lipinski definition) is 0. The van der Waals surface area contributed by atoms with Crippen molar-refractivity contribution in [2.24, 2.45) is 4.99 Å². The molecule has 1 aliphatic rings. The van der Waals surface area contributed by atoms with Gasteiger partial charge in [-0.05, 0) is 73.7 Å². The van der Waals surface area contributed by atoms with E-state index in [4.69, 9.17) is 4.74 Å². The van der Waals surface area contributed by atoms with Crippen LogP contribution in [0.1, 0.15) is 44.2 Å². The first-order valence-corrected chi connectivity index (χ1v) is 8.46. The number of fused-ring (bicyclic) bond motifs is 1. The van der Waals surface area contributed by atoms with Gasteiger partial charge in [-0.2, -0.15) is 0 Å². The van der Waals surface area contributed by atoms with Crippen molar-refractivity contribution < 1.29 is 4.74 Å². The normalized spacial score (nSPS) is 19.4. The maximum atomic E-state index is 5.18. The van der Waals surface area contributed by atoms with Crippen molar-refractivity contribution in [2.75, 3.05) is 19.1 Å². The van der Waals surface area contributed by atoms with Gasteiger partial charge in [0.2, 0.25) is 0 Å². The van der Waals surface area contributed by atoms with Gasteiger partial charge >= 0.3 is 0 Å². The number of rotatable bonds is 3. The summed E-state index contributed by atoms with van der Waals surface area (Å²) in [7, 11) is 3.86. The SMILES string of the molecule is COc1ccc(N=Cc2ccc3c(c2)C(C)CC(C)(C)N3C)cc1. The lowest BCUT2D eigenvalue weighted by Crippen LogP contribution is -2.45. The largest absolute Gasteiger partial charge is 0.497 e. The third kappa shape index (κ3) is 3.16. The fraction of sp³-hybridized carbons (Fsp3) is 0.381. The summed E-state index contributed by atoms with van der Waals surface area (Å²) in [5.74, 6) is 1.41. The second-order valence-corrected chi connectivity index (χ2v) is 7.25. The van der Waals surface area contributed by atoms with Crippen molar-refractivity contribution in [3.63, 3.8) is 0 Å². The van der Waals surface area contributed by atoms with Crippen molar-refractivity contribution in [3.05, 3.63) is 53.6 Å². The summed E-state index contributed by atoms with van der Waals surface area (Å²) in [5, 5.41) is 0. The van der Waals surface area contributed by atoms with E-state index < -0.39 is 0 Å². The van der Waals surface area contributed by atoms with Crippen LogP contribution in [0.4, 0.5) is 11.4 Å². The van der Waals surface area contributed by atoms with Gasteiger partial charge in [-0.15, -0.1) is 0 Å². The standard InChI is InChI=1S/C21H26N2O/c1-15-13-21(2,3)23(4)20-11-6-16(12-19(15)20)14-22-17-7-9-18(24-5)10-8-17/h6-12,14-15H,13H2,1-5H3. The van der Waals surface area contributed by atoms with Crippen LogP contribution in [0.3, 0.4) is 0 Å². The number of benzene rings is 2. The van der Waals surface area contributed by atoms with E-state index in [2.05, 4.69) is 55.9 Å². The van der Waals surface area contributed by atoms with Crippen LogP contribution >= 0.6 is 0 Å². The summed E-state index contributed by atoms with van der Waals surface area (Å²) in [6, 6.07) is 14.4. The van der Waals surface area contributed by atoms with Crippen molar-refractivity contribution in [1.82, 2.24) is 0 Å². The molecule has 0 spiro atoms. The lowest BCUT2D eigenvalue weighted by Gasteiger charge is -2.45. The van der Waals surface area contributed by atoms with Crippen LogP contribution in [0.25, 0.3) is 0 Å². The van der Waals surface area contributed by atoms with E-state index in [1.54, 1.807) is 7.11 Å². The molecular formula is C21H26N2O. The molecule has 1 heterocycles. The van der Waals surface area contributed by atoms with Crippen LogP contribution < -0.4 is 9.64 Å². The number of methoxy groups -OCH3 is 1. The summed E-state index contributed by atoms with van der Waals surface area (Å²) < 4.78 is 5.18. The molecule has 24 heavy (non-hydrogen) atoms. The third-order valence-corrected chi connectivity index (χ3v) is 5.09. The van der Waals surface area contributed by atoms with E-state index in [0.717, 1.165) is 23.4 Å². The molecular weight excluding hydrogens is 296 g/mol. The van der Waals surface area contributed by atoms with Gasteiger partial charge in [0, 0.05) is 24.5 Å². The van der Waals surface area contributed by atoms with E-state index in [1.807, 2.05) is 30.5 Å². The summed E-state index contributed by atoms with van der Waals surface area (Å²) in [4.78, 5) is 6.97. The van der Waals surface area contributed by atoms with Crippen LogP contribution in [-0.2, 0) is 0 Å². The summed E-state index contributed by atoms with van der Waals surface area (Å²) in [5.41, 5.74) is 5.02. The Morgan fingerprint density at radius 3 is 2.54 bits per heavy atom. The molecule has 1 aliphatic heterocycles. The van der Waals surface area contributed by atoms with Gasteiger partial charge in [0.15, 0.2) is 0 Å². The number of ether oxygens (including phenoxy) is 1. The Morgan fingerprint density at radius 1 is 1.17 bits per heavy atom. The zero-order chi connectivity index (χ0) is 17.3. The number of nitrogens with zero attached hydrogens (tertiary/aromatic N) is 2. The average Bonchev–Trinajstić information content (AvgIpc) is 2.58. The Hall–Kier alpha value is -2.29. The zero-order valence-corrected chi connectivity index (χ0v) is 15.2. The molecule has 0 saturated heterocycles. The number of hydrogen-bond acceptors (Lipinski definition) is 3. The van der Waals surface area contributed by atoms with E-state index in [-0.39, 0.29) is 5.54 Å². The minimum atomic E-state index is 0.200. The molecule has 126 valence electrons. The smallest absolute Gasteiger partial charge is 0.119 e. The molecule has 0 N–H and O–H groups in total. The van der Waals surface area contributed by atoms with E-state index in [0.29, 0.717) is 5.92 Å². The van der Waals surface area contributed by atoms with Crippen LogP contribution in [-0.4, -0.2) is 25.9 Å². The molecule has 0 fully saturated rings. The molecule has 3 nitrogen and oxygen atoms in total. The summed E-state index contributed by atoms with van der Waals surface area (Å²) in [6.45, 7) is 6.94. The van der Waals surface area contributed by atoms with Gasteiger partial charge in [0.1, 0.15) is 5.75 Å².